The van der Waals surface area contributed by atoms with Crippen molar-refractivity contribution in [2.45, 2.75) is 86.3 Å². The van der Waals surface area contributed by atoms with E-state index in [1.807, 2.05) is 26.0 Å². The number of fused-ring (bicyclic) bond motifs is 8. The molecule has 5 N–H and O–H groups in total. The summed E-state index contributed by atoms with van der Waals surface area (Å²) in [5.41, 5.74) is 11.5. The number of carbonyl (C=O) groups excluding carboxylic acids is 2. The van der Waals surface area contributed by atoms with Gasteiger partial charge in [-0.25, -0.2) is 0 Å². The lowest BCUT2D eigenvalue weighted by Crippen LogP contribution is -2.37. The molecular formula is C39H50N4O5. The van der Waals surface area contributed by atoms with Crippen LogP contribution >= 0.6 is 0 Å². The smallest absolute Gasteiger partial charge is 0.315 e. The summed E-state index contributed by atoms with van der Waals surface area (Å²) in [6.07, 6.45) is 11.8. The first kappa shape index (κ1) is 33.7. The zero-order valence-corrected chi connectivity index (χ0v) is 29.5. The number of methoxy groups -OCH3 is 1. The summed E-state index contributed by atoms with van der Waals surface area (Å²) < 4.78 is 10.8. The van der Waals surface area contributed by atoms with Gasteiger partial charge in [0.15, 0.2) is 0 Å². The van der Waals surface area contributed by atoms with Crippen LogP contribution in [-0.2, 0) is 25.5 Å². The number of aromatic nitrogens is 2. The second-order valence-corrected chi connectivity index (χ2v) is 13.7. The van der Waals surface area contributed by atoms with E-state index in [0.29, 0.717) is 6.42 Å². The minimum atomic E-state index is -1.07. The lowest BCUT2D eigenvalue weighted by molar-refractivity contribution is -0.147. The van der Waals surface area contributed by atoms with E-state index >= 15 is 0 Å². The number of allylic oxidation sites excluding steroid dienone is 4. The molecule has 1 saturated heterocycles. The fourth-order valence-corrected chi connectivity index (χ4v) is 8.46. The number of H-pyrrole nitrogens is 2. The Morgan fingerprint density at radius 2 is 1.79 bits per heavy atom. The average molecular weight is 655 g/mol. The zero-order valence-electron chi connectivity index (χ0n) is 29.5. The van der Waals surface area contributed by atoms with Gasteiger partial charge in [-0.3, -0.25) is 9.59 Å². The van der Waals surface area contributed by atoms with E-state index in [1.165, 1.54) is 23.8 Å². The molecular weight excluding hydrogens is 604 g/mol. The van der Waals surface area contributed by atoms with Crippen LogP contribution in [0.5, 0.6) is 0 Å². The van der Waals surface area contributed by atoms with Gasteiger partial charge in [-0.1, -0.05) is 32.9 Å². The first-order valence-electron chi connectivity index (χ1n) is 17.4. The highest BCUT2D eigenvalue weighted by Gasteiger charge is 2.49. The lowest BCUT2D eigenvalue weighted by Gasteiger charge is -2.27. The monoisotopic (exact) mass is 654 g/mol. The highest BCUT2D eigenvalue weighted by Crippen LogP contribution is 2.45. The fraction of sp³-hybridized carbons (Fsp3) is 0.487. The zero-order chi connectivity index (χ0) is 34.4. The molecule has 2 aromatic rings. The molecule has 2 aromatic heterocycles. The van der Waals surface area contributed by atoms with Gasteiger partial charge in [0, 0.05) is 63.0 Å². The molecule has 48 heavy (non-hydrogen) atoms. The molecule has 0 amide bonds. The Bertz CT molecular complexity index is 1890. The maximum Gasteiger partial charge on any atom is 0.315 e. The van der Waals surface area contributed by atoms with Gasteiger partial charge >= 0.3 is 11.9 Å². The molecule has 8 bridgehead atoms. The molecule has 0 aromatic carbocycles. The van der Waals surface area contributed by atoms with Crippen molar-refractivity contribution in [3.63, 3.8) is 0 Å². The first-order chi connectivity index (χ1) is 23.0. The Hall–Kier alpha value is -4.24. The molecule has 1 aliphatic carbocycles. The first-order valence-corrected chi connectivity index (χ1v) is 17.4. The van der Waals surface area contributed by atoms with Crippen LogP contribution in [-0.4, -0.2) is 46.8 Å². The van der Waals surface area contributed by atoms with Crippen molar-refractivity contribution in [3.05, 3.63) is 85.2 Å². The summed E-state index contributed by atoms with van der Waals surface area (Å²) in [6.45, 7) is 15.1. The number of esters is 2. The number of aromatic amines is 2. The second kappa shape index (κ2) is 13.3. The van der Waals surface area contributed by atoms with Crippen LogP contribution in [0.3, 0.4) is 0 Å². The number of hydrogen-bond acceptors (Lipinski definition) is 7. The van der Waals surface area contributed by atoms with Gasteiger partial charge in [0.2, 0.25) is 0 Å². The molecule has 6 atom stereocenters. The Morgan fingerprint density at radius 1 is 1.02 bits per heavy atom. The summed E-state index contributed by atoms with van der Waals surface area (Å²) >= 11 is 0. The normalized spacial score (nSPS) is 28.8. The third-order valence-corrected chi connectivity index (χ3v) is 11.2. The average Bonchev–Trinajstić information content (AvgIpc) is 3.80. The Kier molecular flexibility index (Phi) is 9.35. The highest BCUT2D eigenvalue weighted by atomic mass is 16.5. The summed E-state index contributed by atoms with van der Waals surface area (Å²) in [5, 5.41) is 21.1. The third-order valence-electron chi connectivity index (χ3n) is 11.2. The third kappa shape index (κ3) is 5.55. The van der Waals surface area contributed by atoms with Crippen molar-refractivity contribution < 1.29 is 24.2 Å². The number of carbonyl (C=O) groups is 2. The molecule has 4 aliphatic rings. The molecule has 1 unspecified atom stereocenters. The van der Waals surface area contributed by atoms with Crippen molar-refractivity contribution in [2.75, 3.05) is 13.7 Å². The number of hydrogen-bond donors (Lipinski definition) is 5. The highest BCUT2D eigenvalue weighted by molar-refractivity contribution is 5.88. The van der Waals surface area contributed by atoms with Crippen LogP contribution in [0.25, 0.3) is 17.7 Å². The summed E-state index contributed by atoms with van der Waals surface area (Å²) in [4.78, 5) is 33.6. The molecule has 3 aliphatic heterocycles. The molecule has 9 heteroatoms. The standard InChI is InChI=1S/C39H50N4O5/c1-9-12-15-48-32(44)14-13-25-21(6)28-16-26-19(4)23(10-2)30(40-26)17-27-20(5)24(11-3)31(41-27)18-29-22(7)33-37(43-29)34(36(25)42-28)35(38(33)45)39(46)47-8/h9,12,16-18,21,23,25,35-36,38,40-43,45H,10-11,13-15H2,1-8H3/b12-9+,28-16-,29-18-,30-17-/t21-,23+,25-,35+,36?,38-/m0/s1. The predicted octanol–water partition coefficient (Wildman–Crippen LogP) is 4.60. The Labute approximate surface area is 283 Å². The number of rotatable bonds is 8. The molecule has 5 heterocycles. The number of nitrogens with one attached hydrogen (secondary N) is 4. The van der Waals surface area contributed by atoms with Crippen LogP contribution in [0.4, 0.5) is 0 Å². The largest absolute Gasteiger partial charge is 0.468 e. The molecule has 6 rings (SSSR count). The molecule has 1 fully saturated rings. The Balaban J connectivity index is 1.59. The molecule has 256 valence electrons. The van der Waals surface area contributed by atoms with Crippen LogP contribution in [0.1, 0.15) is 93.6 Å². The molecule has 9 nitrogen and oxygen atoms in total. The minimum Gasteiger partial charge on any atom is -0.468 e. The van der Waals surface area contributed by atoms with Crippen LogP contribution < -0.4 is 21.3 Å². The van der Waals surface area contributed by atoms with E-state index in [0.717, 1.165) is 68.7 Å². The van der Waals surface area contributed by atoms with E-state index in [1.54, 1.807) is 0 Å². The summed E-state index contributed by atoms with van der Waals surface area (Å²) in [5.74, 6) is -1.40. The molecule has 0 spiro atoms. The van der Waals surface area contributed by atoms with Crippen LogP contribution in [0, 0.1) is 37.5 Å². The maximum absolute atomic E-state index is 13.5. The van der Waals surface area contributed by atoms with Gasteiger partial charge in [0.25, 0.3) is 0 Å². The quantitative estimate of drug-likeness (QED) is 0.208. The van der Waals surface area contributed by atoms with Crippen LogP contribution in [0.2, 0.25) is 0 Å². The van der Waals surface area contributed by atoms with Crippen molar-refractivity contribution >= 4 is 29.7 Å². The van der Waals surface area contributed by atoms with Crippen LogP contribution in [0.15, 0.2) is 40.9 Å². The van der Waals surface area contributed by atoms with Crippen molar-refractivity contribution in [2.24, 2.45) is 23.7 Å². The maximum atomic E-state index is 13.5. The molecule has 0 radical (unpaired) electrons. The van der Waals surface area contributed by atoms with E-state index in [4.69, 9.17) is 9.47 Å². The topological polar surface area (TPSA) is 128 Å². The summed E-state index contributed by atoms with van der Waals surface area (Å²) in [7, 11) is 1.37. The summed E-state index contributed by atoms with van der Waals surface area (Å²) in [6, 6.07) is -0.335. The van der Waals surface area contributed by atoms with Gasteiger partial charge in [-0.05, 0) is 98.9 Å². The minimum absolute atomic E-state index is 0.0261. The van der Waals surface area contributed by atoms with Gasteiger partial charge in [-0.2, -0.15) is 0 Å². The number of aliphatic hydroxyl groups excluding tert-OH is 1. The van der Waals surface area contributed by atoms with Gasteiger partial charge in [0.05, 0.1) is 19.3 Å². The van der Waals surface area contributed by atoms with Gasteiger partial charge in [-0.15, -0.1) is 0 Å². The van der Waals surface area contributed by atoms with Gasteiger partial charge < -0.3 is 35.2 Å². The van der Waals surface area contributed by atoms with E-state index < -0.39 is 18.0 Å². The van der Waals surface area contributed by atoms with Crippen molar-refractivity contribution in [1.82, 2.24) is 20.6 Å². The SMILES string of the molecule is C/C=C/COC(=O)CC[C@@H]1C2N/C(=C\C3=C(C)[C@@H](CC)/C(=C/c4[nH]c(c(CC)c4C)/C=c4\[nH]c5c(c4C)[C@H](O)[C@H](C(=O)OC)C=52)N3)[C@H]1C. The van der Waals surface area contributed by atoms with Gasteiger partial charge in [0.1, 0.15) is 12.5 Å². The lowest BCUT2D eigenvalue weighted by atomic mass is 9.80. The fourth-order valence-electron chi connectivity index (χ4n) is 8.46. The van der Waals surface area contributed by atoms with Crippen molar-refractivity contribution in [1.29, 1.82) is 0 Å². The Morgan fingerprint density at radius 3 is 2.48 bits per heavy atom. The van der Waals surface area contributed by atoms with E-state index in [2.05, 4.69) is 73.4 Å². The van der Waals surface area contributed by atoms with E-state index in [-0.39, 0.29) is 42.8 Å². The molecule has 0 saturated carbocycles. The predicted molar refractivity (Wildman–Crippen MR) is 187 cm³/mol. The van der Waals surface area contributed by atoms with Crippen molar-refractivity contribution in [3.8, 4) is 0 Å². The van der Waals surface area contributed by atoms with E-state index in [9.17, 15) is 14.7 Å². The number of ether oxygens (including phenoxy) is 2. The second-order valence-electron chi connectivity index (χ2n) is 13.7. The number of aliphatic hydroxyl groups is 1.